The van der Waals surface area contributed by atoms with Gasteiger partial charge in [0, 0.05) is 25.3 Å². The predicted octanol–water partition coefficient (Wildman–Crippen LogP) is 3.97. The van der Waals surface area contributed by atoms with Crippen molar-refractivity contribution in [1.82, 2.24) is 5.32 Å². The van der Waals surface area contributed by atoms with Crippen molar-refractivity contribution in [1.29, 1.82) is 0 Å². The summed E-state index contributed by atoms with van der Waals surface area (Å²) in [5, 5.41) is 6.30. The van der Waals surface area contributed by atoms with Gasteiger partial charge in [0.05, 0.1) is 20.8 Å². The van der Waals surface area contributed by atoms with E-state index in [1.807, 2.05) is 12.1 Å². The van der Waals surface area contributed by atoms with Crippen LogP contribution in [0, 0.1) is 0 Å². The molecule has 2 N–H and O–H groups in total. The molecule has 0 spiro atoms. The summed E-state index contributed by atoms with van der Waals surface area (Å²) in [6.45, 7) is -0.941. The third-order valence-electron chi connectivity index (χ3n) is 3.86. The van der Waals surface area contributed by atoms with Crippen LogP contribution in [0.15, 0.2) is 47.5 Å². The molecule has 0 aromatic heterocycles. The summed E-state index contributed by atoms with van der Waals surface area (Å²) < 4.78 is 51.8. The van der Waals surface area contributed by atoms with Gasteiger partial charge in [0.1, 0.15) is 6.61 Å². The average molecular weight is 411 g/mol. The van der Waals surface area contributed by atoms with Gasteiger partial charge in [-0.2, -0.15) is 13.2 Å². The molecular weight excluding hydrogens is 387 g/mol. The number of anilines is 1. The van der Waals surface area contributed by atoms with Crippen LogP contribution in [0.1, 0.15) is 11.1 Å². The average Bonchev–Trinajstić information content (AvgIpc) is 2.70. The summed E-state index contributed by atoms with van der Waals surface area (Å²) in [5.74, 6) is 1.72. The number of hydrogen-bond acceptors (Lipinski definition) is 4. The number of nitrogens with zero attached hydrogens (tertiary/aromatic N) is 1. The lowest BCUT2D eigenvalue weighted by Crippen LogP contribution is -2.30. The van der Waals surface area contributed by atoms with E-state index >= 15 is 0 Å². The molecule has 29 heavy (non-hydrogen) atoms. The molecule has 0 aliphatic heterocycles. The van der Waals surface area contributed by atoms with Gasteiger partial charge < -0.3 is 24.8 Å². The van der Waals surface area contributed by atoms with Gasteiger partial charge in [-0.25, -0.2) is 0 Å². The summed E-state index contributed by atoms with van der Waals surface area (Å²) in [4.78, 5) is 4.17. The van der Waals surface area contributed by atoms with Crippen molar-refractivity contribution in [2.75, 3.05) is 33.2 Å². The predicted molar refractivity (Wildman–Crippen MR) is 106 cm³/mol. The minimum absolute atomic E-state index is 0.105. The molecule has 0 fully saturated rings. The van der Waals surface area contributed by atoms with Crippen LogP contribution in [0.3, 0.4) is 0 Å². The van der Waals surface area contributed by atoms with E-state index in [-0.39, 0.29) is 6.61 Å². The minimum Gasteiger partial charge on any atom is -0.493 e. The molecule has 0 atom stereocenters. The lowest BCUT2D eigenvalue weighted by atomic mass is 10.1. The molecule has 9 heteroatoms. The number of aliphatic imine (C=N–C) groups is 1. The van der Waals surface area contributed by atoms with E-state index in [2.05, 4.69) is 15.6 Å². The van der Waals surface area contributed by atoms with Crippen LogP contribution < -0.4 is 20.1 Å². The maximum absolute atomic E-state index is 12.2. The largest absolute Gasteiger partial charge is 0.493 e. The monoisotopic (exact) mass is 411 g/mol. The summed E-state index contributed by atoms with van der Waals surface area (Å²) in [6.07, 6.45) is -4.33. The molecule has 0 heterocycles. The van der Waals surface area contributed by atoms with Gasteiger partial charge in [0.15, 0.2) is 17.5 Å². The highest BCUT2D eigenvalue weighted by molar-refractivity contribution is 5.93. The van der Waals surface area contributed by atoms with Gasteiger partial charge in [0.25, 0.3) is 0 Å². The van der Waals surface area contributed by atoms with E-state index in [0.717, 1.165) is 11.3 Å². The van der Waals surface area contributed by atoms with Gasteiger partial charge in [-0.05, 0) is 23.3 Å². The number of methoxy groups -OCH3 is 2. The second-order valence-corrected chi connectivity index (χ2v) is 6.05. The minimum atomic E-state index is -4.33. The van der Waals surface area contributed by atoms with E-state index in [0.29, 0.717) is 29.6 Å². The Morgan fingerprint density at radius 2 is 1.72 bits per heavy atom. The highest BCUT2D eigenvalue weighted by Gasteiger charge is 2.27. The van der Waals surface area contributed by atoms with Crippen LogP contribution >= 0.6 is 0 Å². The molecule has 0 radical (unpaired) electrons. The molecule has 2 aromatic carbocycles. The van der Waals surface area contributed by atoms with Crippen LogP contribution in [0.4, 0.5) is 18.9 Å². The van der Waals surface area contributed by atoms with Gasteiger partial charge in [-0.1, -0.05) is 24.3 Å². The first-order valence-electron chi connectivity index (χ1n) is 8.76. The second kappa shape index (κ2) is 10.6. The van der Waals surface area contributed by atoms with Crippen molar-refractivity contribution in [2.24, 2.45) is 4.99 Å². The summed E-state index contributed by atoms with van der Waals surface area (Å²) >= 11 is 0. The van der Waals surface area contributed by atoms with Crippen molar-refractivity contribution >= 4 is 11.6 Å². The fraction of sp³-hybridized carbons (Fsp3) is 0.350. The van der Waals surface area contributed by atoms with Crippen molar-refractivity contribution < 1.29 is 27.4 Å². The maximum Gasteiger partial charge on any atom is 0.411 e. The van der Waals surface area contributed by atoms with E-state index in [1.165, 1.54) is 0 Å². The highest BCUT2D eigenvalue weighted by atomic mass is 19.4. The topological polar surface area (TPSA) is 64.1 Å². The molecule has 0 saturated heterocycles. The number of rotatable bonds is 8. The van der Waals surface area contributed by atoms with Crippen LogP contribution in [0.2, 0.25) is 0 Å². The molecule has 0 aliphatic carbocycles. The first kappa shape index (κ1) is 22.4. The Kier molecular flexibility index (Phi) is 8.14. The normalized spacial score (nSPS) is 11.9. The molecule has 6 nitrogen and oxygen atoms in total. The zero-order chi connectivity index (χ0) is 21.3. The quantitative estimate of drug-likeness (QED) is 0.508. The molecular formula is C20H24F3N3O3. The van der Waals surface area contributed by atoms with E-state index in [9.17, 15) is 13.2 Å². The Labute approximate surface area is 167 Å². The van der Waals surface area contributed by atoms with Gasteiger partial charge in [-0.3, -0.25) is 4.99 Å². The molecule has 2 aromatic rings. The fourth-order valence-electron chi connectivity index (χ4n) is 2.53. The fourth-order valence-corrected chi connectivity index (χ4v) is 2.53. The SMILES string of the molecule is CN=C(NCc1cccc(COCC(F)(F)F)c1)Nc1ccc(OC)c(OC)c1. The smallest absolute Gasteiger partial charge is 0.411 e. The number of ether oxygens (including phenoxy) is 3. The molecule has 2 rings (SSSR count). The van der Waals surface area contributed by atoms with Crippen LogP contribution in [0.25, 0.3) is 0 Å². The standard InChI is InChI=1S/C20H24F3N3O3/c1-24-19(26-16-7-8-17(27-2)18(10-16)28-3)25-11-14-5-4-6-15(9-14)12-29-13-20(21,22)23/h4-10H,11-13H2,1-3H3,(H2,24,25,26). The first-order chi connectivity index (χ1) is 13.8. The Bertz CT molecular complexity index is 826. The zero-order valence-electron chi connectivity index (χ0n) is 16.5. The number of hydrogen-bond donors (Lipinski definition) is 2. The van der Waals surface area contributed by atoms with E-state index in [1.54, 1.807) is 51.6 Å². The lowest BCUT2D eigenvalue weighted by molar-refractivity contribution is -0.176. The third kappa shape index (κ3) is 7.53. The molecule has 0 unspecified atom stereocenters. The Hall–Kier alpha value is -2.94. The summed E-state index contributed by atoms with van der Waals surface area (Å²) in [5.41, 5.74) is 2.30. The Morgan fingerprint density at radius 1 is 1.00 bits per heavy atom. The van der Waals surface area contributed by atoms with Crippen LogP contribution in [-0.2, 0) is 17.9 Å². The van der Waals surface area contributed by atoms with Crippen molar-refractivity contribution in [2.45, 2.75) is 19.3 Å². The van der Waals surface area contributed by atoms with Gasteiger partial charge >= 0.3 is 6.18 Å². The molecule has 0 bridgehead atoms. The molecule has 0 aliphatic rings. The van der Waals surface area contributed by atoms with Crippen molar-refractivity contribution in [3.8, 4) is 11.5 Å². The van der Waals surface area contributed by atoms with Crippen LogP contribution in [-0.4, -0.2) is 40.0 Å². The number of guanidine groups is 1. The van der Waals surface area contributed by atoms with Gasteiger partial charge in [-0.15, -0.1) is 0 Å². The zero-order valence-corrected chi connectivity index (χ0v) is 16.5. The Balaban J connectivity index is 1.93. The van der Waals surface area contributed by atoms with Crippen LogP contribution in [0.5, 0.6) is 11.5 Å². The van der Waals surface area contributed by atoms with Gasteiger partial charge in [0.2, 0.25) is 0 Å². The Morgan fingerprint density at radius 3 is 2.38 bits per heavy atom. The number of alkyl halides is 3. The number of nitrogens with one attached hydrogen (secondary N) is 2. The second-order valence-electron chi connectivity index (χ2n) is 6.05. The van der Waals surface area contributed by atoms with Crippen molar-refractivity contribution in [3.05, 3.63) is 53.6 Å². The third-order valence-corrected chi connectivity index (χ3v) is 3.86. The highest BCUT2D eigenvalue weighted by Crippen LogP contribution is 2.29. The number of halogens is 3. The van der Waals surface area contributed by atoms with E-state index in [4.69, 9.17) is 14.2 Å². The summed E-state index contributed by atoms with van der Waals surface area (Å²) in [7, 11) is 4.76. The summed E-state index contributed by atoms with van der Waals surface area (Å²) in [6, 6.07) is 12.5. The lowest BCUT2D eigenvalue weighted by Gasteiger charge is -2.14. The first-order valence-corrected chi connectivity index (χ1v) is 8.76. The maximum atomic E-state index is 12.2. The number of benzene rings is 2. The van der Waals surface area contributed by atoms with E-state index < -0.39 is 12.8 Å². The molecule has 0 saturated carbocycles. The molecule has 158 valence electrons. The van der Waals surface area contributed by atoms with Crippen molar-refractivity contribution in [3.63, 3.8) is 0 Å². The molecule has 0 amide bonds.